The van der Waals surface area contributed by atoms with Crippen molar-refractivity contribution < 1.29 is 9.15 Å². The summed E-state index contributed by atoms with van der Waals surface area (Å²) < 4.78 is 11.1. The van der Waals surface area contributed by atoms with E-state index in [9.17, 15) is 0 Å². The number of aromatic nitrogens is 1. The Balaban J connectivity index is 1.58. The highest BCUT2D eigenvalue weighted by molar-refractivity contribution is 5.81. The molecule has 0 unspecified atom stereocenters. The second-order valence-electron chi connectivity index (χ2n) is 6.81. The lowest BCUT2D eigenvalue weighted by atomic mass is 9.96. The number of hydrogen-bond donors (Lipinski definition) is 1. The Morgan fingerprint density at radius 3 is 2.76 bits per heavy atom. The first-order valence-corrected chi connectivity index (χ1v) is 9.07. The number of anilines is 1. The summed E-state index contributed by atoms with van der Waals surface area (Å²) in [5, 5.41) is 3.46. The molecular formula is C21H24N2O2. The summed E-state index contributed by atoms with van der Waals surface area (Å²) in [6.45, 7) is 0.621. The molecule has 0 amide bonds. The highest BCUT2D eigenvalue weighted by Crippen LogP contribution is 2.28. The number of rotatable bonds is 5. The van der Waals surface area contributed by atoms with E-state index < -0.39 is 0 Å². The normalized spacial score (nSPS) is 15.6. The molecule has 0 spiro atoms. The Morgan fingerprint density at radius 2 is 1.92 bits per heavy atom. The second-order valence-corrected chi connectivity index (χ2v) is 6.81. The zero-order valence-electron chi connectivity index (χ0n) is 14.6. The van der Waals surface area contributed by atoms with Crippen molar-refractivity contribution in [2.45, 2.75) is 44.8 Å². The fourth-order valence-corrected chi connectivity index (χ4v) is 3.60. The first-order valence-electron chi connectivity index (χ1n) is 9.07. The lowest BCUT2D eigenvalue weighted by Crippen LogP contribution is -2.22. The molecule has 1 aliphatic carbocycles. The number of ether oxygens (including phenoxy) is 1. The summed E-state index contributed by atoms with van der Waals surface area (Å²) in [6.07, 6.45) is 6.34. The molecule has 0 saturated heterocycles. The molecule has 1 N–H and O–H groups in total. The number of fused-ring (bicyclic) bond motifs is 1. The zero-order chi connectivity index (χ0) is 17.1. The van der Waals surface area contributed by atoms with E-state index in [1.807, 2.05) is 6.07 Å². The lowest BCUT2D eigenvalue weighted by molar-refractivity contribution is 0.185. The van der Waals surface area contributed by atoms with Gasteiger partial charge in [-0.1, -0.05) is 43.5 Å². The van der Waals surface area contributed by atoms with Gasteiger partial charge in [0.25, 0.3) is 6.01 Å². The topological polar surface area (TPSA) is 47.3 Å². The number of hydrogen-bond acceptors (Lipinski definition) is 4. The third kappa shape index (κ3) is 3.69. The first-order chi connectivity index (χ1) is 12.3. The molecule has 4 rings (SSSR count). The van der Waals surface area contributed by atoms with Gasteiger partial charge in [0.15, 0.2) is 5.58 Å². The molecule has 2 aromatic carbocycles. The molecule has 1 fully saturated rings. The van der Waals surface area contributed by atoms with Crippen molar-refractivity contribution in [2.24, 2.45) is 0 Å². The molecule has 0 aliphatic heterocycles. The maximum atomic E-state index is 5.88. The lowest BCUT2D eigenvalue weighted by Gasteiger charge is -2.21. The molecule has 4 nitrogen and oxygen atoms in total. The Morgan fingerprint density at radius 1 is 1.08 bits per heavy atom. The molecule has 4 heteroatoms. The van der Waals surface area contributed by atoms with E-state index in [-0.39, 0.29) is 0 Å². The predicted octanol–water partition coefficient (Wildman–Crippen LogP) is 5.39. The third-order valence-electron chi connectivity index (χ3n) is 4.89. The standard InChI is InChI=1S/C21H24N2O2/c1-24-14-15-6-5-7-16(12-15)17-10-11-20-19(13-17)23-21(25-20)22-18-8-3-2-4-9-18/h5-7,10-13,18H,2-4,8-9,14H2,1H3,(H,22,23). The van der Waals surface area contributed by atoms with Crippen molar-refractivity contribution >= 4 is 17.1 Å². The summed E-state index contributed by atoms with van der Waals surface area (Å²) in [7, 11) is 1.72. The molecule has 130 valence electrons. The summed E-state index contributed by atoms with van der Waals surface area (Å²) in [6, 6.07) is 15.7. The molecule has 1 aliphatic rings. The fraction of sp³-hybridized carbons (Fsp3) is 0.381. The second kappa shape index (κ2) is 7.28. The number of methoxy groups -OCH3 is 1. The Kier molecular flexibility index (Phi) is 4.70. The van der Waals surface area contributed by atoms with Crippen LogP contribution in [0.5, 0.6) is 0 Å². The van der Waals surface area contributed by atoms with E-state index in [2.05, 4.69) is 46.7 Å². The van der Waals surface area contributed by atoms with Gasteiger partial charge < -0.3 is 14.5 Å². The van der Waals surface area contributed by atoms with E-state index in [4.69, 9.17) is 9.15 Å². The Bertz CT molecular complexity index is 850. The number of nitrogens with zero attached hydrogens (tertiary/aromatic N) is 1. The Hall–Kier alpha value is -2.33. The van der Waals surface area contributed by atoms with E-state index >= 15 is 0 Å². The summed E-state index contributed by atoms with van der Waals surface area (Å²) in [4.78, 5) is 4.65. The van der Waals surface area contributed by atoms with Gasteiger partial charge in [0.2, 0.25) is 0 Å². The average molecular weight is 336 g/mol. The third-order valence-corrected chi connectivity index (χ3v) is 4.89. The van der Waals surface area contributed by atoms with Gasteiger partial charge >= 0.3 is 0 Å². The van der Waals surface area contributed by atoms with Crippen molar-refractivity contribution in [3.05, 3.63) is 48.0 Å². The quantitative estimate of drug-likeness (QED) is 0.679. The van der Waals surface area contributed by atoms with Crippen LogP contribution in [0.1, 0.15) is 37.7 Å². The van der Waals surface area contributed by atoms with E-state index in [1.54, 1.807) is 7.11 Å². The van der Waals surface area contributed by atoms with Crippen LogP contribution in [0.15, 0.2) is 46.9 Å². The van der Waals surface area contributed by atoms with Gasteiger partial charge in [-0.15, -0.1) is 0 Å². The van der Waals surface area contributed by atoms with E-state index in [0.29, 0.717) is 18.7 Å². The van der Waals surface area contributed by atoms with Crippen LogP contribution in [0.3, 0.4) is 0 Å². The maximum Gasteiger partial charge on any atom is 0.295 e. The molecule has 1 saturated carbocycles. The van der Waals surface area contributed by atoms with Crippen molar-refractivity contribution in [3.8, 4) is 11.1 Å². The van der Waals surface area contributed by atoms with Crippen molar-refractivity contribution in [3.63, 3.8) is 0 Å². The number of nitrogens with one attached hydrogen (secondary N) is 1. The van der Waals surface area contributed by atoms with Crippen LogP contribution in [-0.4, -0.2) is 18.1 Å². The van der Waals surface area contributed by atoms with Crippen LogP contribution in [-0.2, 0) is 11.3 Å². The van der Waals surface area contributed by atoms with Gasteiger partial charge in [0.1, 0.15) is 5.52 Å². The van der Waals surface area contributed by atoms with Crippen molar-refractivity contribution in [1.29, 1.82) is 0 Å². The Labute approximate surface area is 148 Å². The van der Waals surface area contributed by atoms with Crippen molar-refractivity contribution in [1.82, 2.24) is 4.98 Å². The van der Waals surface area contributed by atoms with Crippen LogP contribution in [0.25, 0.3) is 22.2 Å². The van der Waals surface area contributed by atoms with Crippen LogP contribution in [0, 0.1) is 0 Å². The molecule has 25 heavy (non-hydrogen) atoms. The monoisotopic (exact) mass is 336 g/mol. The SMILES string of the molecule is COCc1cccc(-c2ccc3oc(NC4CCCCC4)nc3c2)c1. The predicted molar refractivity (Wildman–Crippen MR) is 101 cm³/mol. The number of benzene rings is 2. The van der Waals surface area contributed by atoms with Gasteiger partial charge in [-0.3, -0.25) is 0 Å². The van der Waals surface area contributed by atoms with Gasteiger partial charge in [-0.25, -0.2) is 0 Å². The summed E-state index contributed by atoms with van der Waals surface area (Å²) >= 11 is 0. The number of oxazole rings is 1. The first kappa shape index (κ1) is 16.2. The van der Waals surface area contributed by atoms with Gasteiger partial charge in [-0.2, -0.15) is 4.98 Å². The van der Waals surface area contributed by atoms with E-state index in [1.165, 1.54) is 43.2 Å². The van der Waals surface area contributed by atoms with Crippen molar-refractivity contribution in [2.75, 3.05) is 12.4 Å². The molecular weight excluding hydrogens is 312 g/mol. The fourth-order valence-electron chi connectivity index (χ4n) is 3.60. The minimum atomic E-state index is 0.493. The maximum absolute atomic E-state index is 5.88. The van der Waals surface area contributed by atoms with Crippen LogP contribution >= 0.6 is 0 Å². The van der Waals surface area contributed by atoms with Crippen LogP contribution in [0.4, 0.5) is 6.01 Å². The minimum Gasteiger partial charge on any atom is -0.424 e. The van der Waals surface area contributed by atoms with Crippen LogP contribution in [0.2, 0.25) is 0 Å². The smallest absolute Gasteiger partial charge is 0.295 e. The molecule has 0 atom stereocenters. The summed E-state index contributed by atoms with van der Waals surface area (Å²) in [5.41, 5.74) is 5.20. The zero-order valence-corrected chi connectivity index (χ0v) is 14.6. The molecule has 0 radical (unpaired) electrons. The molecule has 1 aromatic heterocycles. The van der Waals surface area contributed by atoms with Gasteiger partial charge in [-0.05, 0) is 47.7 Å². The summed E-state index contributed by atoms with van der Waals surface area (Å²) in [5.74, 6) is 0. The van der Waals surface area contributed by atoms with Gasteiger partial charge in [0.05, 0.1) is 6.61 Å². The van der Waals surface area contributed by atoms with E-state index in [0.717, 1.165) is 16.7 Å². The highest BCUT2D eigenvalue weighted by Gasteiger charge is 2.16. The minimum absolute atomic E-state index is 0.493. The molecule has 1 heterocycles. The highest BCUT2D eigenvalue weighted by atomic mass is 16.5. The average Bonchev–Trinajstić information content (AvgIpc) is 3.04. The molecule has 3 aromatic rings. The molecule has 0 bridgehead atoms. The van der Waals surface area contributed by atoms with Gasteiger partial charge in [0, 0.05) is 13.2 Å². The van der Waals surface area contributed by atoms with Crippen LogP contribution < -0.4 is 5.32 Å². The largest absolute Gasteiger partial charge is 0.424 e.